The van der Waals surface area contributed by atoms with Crippen molar-refractivity contribution in [3.63, 3.8) is 0 Å². The number of benzene rings is 2. The summed E-state index contributed by atoms with van der Waals surface area (Å²) >= 11 is 1.37. The maximum Gasteiger partial charge on any atom is 0.291 e. The second-order valence-corrected chi connectivity index (χ2v) is 7.20. The summed E-state index contributed by atoms with van der Waals surface area (Å²) in [6.07, 6.45) is 1.45. The Hall–Kier alpha value is -3.39. The van der Waals surface area contributed by atoms with E-state index in [0.717, 1.165) is 4.90 Å². The number of carbonyl (C=O) groups excluding carboxylic acids is 2. The highest BCUT2D eigenvalue weighted by atomic mass is 32.2. The smallest absolute Gasteiger partial charge is 0.291 e. The Kier molecular flexibility index (Phi) is 5.71. The molecule has 2 N–H and O–H groups in total. The molecule has 0 unspecified atom stereocenters. The Morgan fingerprint density at radius 3 is 2.55 bits per heavy atom. The van der Waals surface area contributed by atoms with Gasteiger partial charge in [-0.15, -0.1) is 11.8 Å². The van der Waals surface area contributed by atoms with Gasteiger partial charge >= 0.3 is 0 Å². The van der Waals surface area contributed by atoms with E-state index >= 15 is 0 Å². The first-order chi connectivity index (χ1) is 14.2. The molecule has 0 radical (unpaired) electrons. The molecular formula is C21H18N2O5S. The Labute approximate surface area is 171 Å². The molecular weight excluding hydrogens is 392 g/mol. The van der Waals surface area contributed by atoms with Gasteiger partial charge in [0.1, 0.15) is 13.2 Å². The van der Waals surface area contributed by atoms with Crippen LogP contribution in [0.4, 0.5) is 11.4 Å². The molecule has 8 heteroatoms. The minimum absolute atomic E-state index is 0.142. The molecule has 148 valence electrons. The maximum absolute atomic E-state index is 12.3. The van der Waals surface area contributed by atoms with Gasteiger partial charge in [-0.05, 0) is 42.5 Å². The third-order valence-corrected chi connectivity index (χ3v) is 5.03. The van der Waals surface area contributed by atoms with E-state index in [1.54, 1.807) is 36.4 Å². The first-order valence-electron chi connectivity index (χ1n) is 8.94. The monoisotopic (exact) mass is 410 g/mol. The Bertz CT molecular complexity index is 1020. The number of fused-ring (bicyclic) bond motifs is 1. The molecule has 0 bridgehead atoms. The topological polar surface area (TPSA) is 89.8 Å². The standard InChI is InChI=1S/C21H18N2O5S/c24-20(22-15-6-7-17-19(12-15)28-10-9-27-17)13-29-16-4-1-3-14(11-16)23-21(25)18-5-2-8-26-18/h1-8,11-12H,9-10,13H2,(H,22,24)(H,23,25). The van der Waals surface area contributed by atoms with Gasteiger partial charge in [0.15, 0.2) is 17.3 Å². The number of anilines is 2. The lowest BCUT2D eigenvalue weighted by Crippen LogP contribution is -2.17. The molecule has 0 saturated heterocycles. The van der Waals surface area contributed by atoms with Gasteiger partial charge in [-0.1, -0.05) is 6.07 Å². The predicted molar refractivity (Wildman–Crippen MR) is 110 cm³/mol. The van der Waals surface area contributed by atoms with Crippen LogP contribution in [0.2, 0.25) is 0 Å². The van der Waals surface area contributed by atoms with Crippen molar-refractivity contribution in [2.45, 2.75) is 4.90 Å². The third-order valence-electron chi connectivity index (χ3n) is 4.03. The summed E-state index contributed by atoms with van der Waals surface area (Å²) in [5.41, 5.74) is 1.28. The zero-order chi connectivity index (χ0) is 20.1. The minimum atomic E-state index is -0.325. The van der Waals surface area contributed by atoms with Crippen molar-refractivity contribution in [3.8, 4) is 11.5 Å². The van der Waals surface area contributed by atoms with Gasteiger partial charge in [0.25, 0.3) is 5.91 Å². The molecule has 0 aliphatic carbocycles. The summed E-state index contributed by atoms with van der Waals surface area (Å²) in [6.45, 7) is 1.02. The van der Waals surface area contributed by atoms with E-state index < -0.39 is 0 Å². The number of rotatable bonds is 6. The van der Waals surface area contributed by atoms with E-state index in [4.69, 9.17) is 13.9 Å². The van der Waals surface area contributed by atoms with E-state index in [2.05, 4.69) is 10.6 Å². The first kappa shape index (κ1) is 18.9. The third kappa shape index (κ3) is 4.91. The molecule has 1 aliphatic rings. The molecule has 1 aliphatic heterocycles. The van der Waals surface area contributed by atoms with Crippen LogP contribution in [0.25, 0.3) is 0 Å². The number of furan rings is 1. The number of hydrogen-bond donors (Lipinski definition) is 2. The van der Waals surface area contributed by atoms with Gasteiger partial charge in [0, 0.05) is 22.3 Å². The van der Waals surface area contributed by atoms with Gasteiger partial charge < -0.3 is 24.5 Å². The van der Waals surface area contributed by atoms with Crippen molar-refractivity contribution in [2.24, 2.45) is 0 Å². The van der Waals surface area contributed by atoms with Crippen LogP contribution < -0.4 is 20.1 Å². The van der Waals surface area contributed by atoms with Crippen molar-refractivity contribution in [1.29, 1.82) is 0 Å². The number of nitrogens with one attached hydrogen (secondary N) is 2. The summed E-state index contributed by atoms with van der Waals surface area (Å²) in [4.78, 5) is 25.2. The highest BCUT2D eigenvalue weighted by molar-refractivity contribution is 8.00. The lowest BCUT2D eigenvalue weighted by Gasteiger charge is -2.19. The Morgan fingerprint density at radius 1 is 0.897 bits per heavy atom. The molecule has 0 saturated carbocycles. The Morgan fingerprint density at radius 2 is 1.72 bits per heavy atom. The normalized spacial score (nSPS) is 12.3. The zero-order valence-electron chi connectivity index (χ0n) is 15.3. The fourth-order valence-corrected chi connectivity index (χ4v) is 3.49. The molecule has 2 heterocycles. The molecule has 3 aromatic rings. The van der Waals surface area contributed by atoms with Crippen molar-refractivity contribution >= 4 is 35.0 Å². The highest BCUT2D eigenvalue weighted by Gasteiger charge is 2.13. The zero-order valence-corrected chi connectivity index (χ0v) is 16.2. The van der Waals surface area contributed by atoms with Crippen molar-refractivity contribution < 1.29 is 23.5 Å². The average Bonchev–Trinajstić information content (AvgIpc) is 3.28. The second-order valence-electron chi connectivity index (χ2n) is 6.15. The molecule has 0 fully saturated rings. The van der Waals surface area contributed by atoms with Crippen LogP contribution in [-0.4, -0.2) is 30.8 Å². The highest BCUT2D eigenvalue weighted by Crippen LogP contribution is 2.32. The number of hydrogen-bond acceptors (Lipinski definition) is 6. The summed E-state index contributed by atoms with van der Waals surface area (Å²) < 4.78 is 16.1. The SMILES string of the molecule is O=C(CSc1cccc(NC(=O)c2ccco2)c1)Nc1ccc2c(c1)OCCO2. The van der Waals surface area contributed by atoms with Gasteiger partial charge in [-0.3, -0.25) is 9.59 Å². The van der Waals surface area contributed by atoms with Crippen molar-refractivity contribution in [2.75, 3.05) is 29.6 Å². The molecule has 2 amide bonds. The van der Waals surface area contributed by atoms with Gasteiger partial charge in [-0.25, -0.2) is 0 Å². The molecule has 4 rings (SSSR count). The molecule has 2 aromatic carbocycles. The number of thioether (sulfide) groups is 1. The van der Waals surface area contributed by atoms with Crippen LogP contribution in [0.5, 0.6) is 11.5 Å². The summed E-state index contributed by atoms with van der Waals surface area (Å²) in [6, 6.07) is 15.8. The van der Waals surface area contributed by atoms with E-state index in [9.17, 15) is 9.59 Å². The number of carbonyl (C=O) groups is 2. The molecule has 0 spiro atoms. The molecule has 7 nitrogen and oxygen atoms in total. The number of ether oxygens (including phenoxy) is 2. The van der Waals surface area contributed by atoms with Crippen LogP contribution in [0, 0.1) is 0 Å². The van der Waals surface area contributed by atoms with E-state index in [1.165, 1.54) is 18.0 Å². The van der Waals surface area contributed by atoms with E-state index in [-0.39, 0.29) is 23.3 Å². The second kappa shape index (κ2) is 8.74. The largest absolute Gasteiger partial charge is 0.486 e. The fourth-order valence-electron chi connectivity index (χ4n) is 2.73. The van der Waals surface area contributed by atoms with Gasteiger partial charge in [0.05, 0.1) is 12.0 Å². The first-order valence-corrected chi connectivity index (χ1v) is 9.93. The van der Waals surface area contributed by atoms with Crippen LogP contribution in [0.1, 0.15) is 10.6 Å². The van der Waals surface area contributed by atoms with Gasteiger partial charge in [0.2, 0.25) is 5.91 Å². The number of amides is 2. The van der Waals surface area contributed by atoms with Crippen LogP contribution in [0.15, 0.2) is 70.2 Å². The quantitative estimate of drug-likeness (QED) is 0.597. The lowest BCUT2D eigenvalue weighted by atomic mass is 10.2. The Balaban J connectivity index is 1.32. The average molecular weight is 410 g/mol. The molecule has 29 heavy (non-hydrogen) atoms. The summed E-state index contributed by atoms with van der Waals surface area (Å²) in [5, 5.41) is 5.62. The maximum atomic E-state index is 12.3. The lowest BCUT2D eigenvalue weighted by molar-refractivity contribution is -0.113. The fraction of sp³-hybridized carbons (Fsp3) is 0.143. The van der Waals surface area contributed by atoms with Crippen molar-refractivity contribution in [3.05, 3.63) is 66.6 Å². The summed E-state index contributed by atoms with van der Waals surface area (Å²) in [5.74, 6) is 1.30. The molecule has 1 aromatic heterocycles. The predicted octanol–water partition coefficient (Wildman–Crippen LogP) is 4.03. The van der Waals surface area contributed by atoms with Crippen molar-refractivity contribution in [1.82, 2.24) is 0 Å². The summed E-state index contributed by atoms with van der Waals surface area (Å²) in [7, 11) is 0. The van der Waals surface area contributed by atoms with Crippen LogP contribution in [-0.2, 0) is 4.79 Å². The molecule has 0 atom stereocenters. The van der Waals surface area contributed by atoms with Gasteiger partial charge in [-0.2, -0.15) is 0 Å². The van der Waals surface area contributed by atoms with E-state index in [0.29, 0.717) is 36.1 Å². The minimum Gasteiger partial charge on any atom is -0.486 e. The van der Waals surface area contributed by atoms with Crippen LogP contribution >= 0.6 is 11.8 Å². The van der Waals surface area contributed by atoms with E-state index in [1.807, 2.05) is 18.2 Å². The van der Waals surface area contributed by atoms with Crippen LogP contribution in [0.3, 0.4) is 0 Å².